The molecule has 1 aliphatic heterocycles. The van der Waals surface area contributed by atoms with Crippen LogP contribution >= 0.6 is 11.8 Å². The van der Waals surface area contributed by atoms with Crippen LogP contribution in [-0.2, 0) is 4.79 Å². The van der Waals surface area contributed by atoms with Gasteiger partial charge in [0.1, 0.15) is 0 Å². The fourth-order valence-corrected chi connectivity index (χ4v) is 2.32. The molecule has 2 fully saturated rings. The van der Waals surface area contributed by atoms with Gasteiger partial charge < -0.3 is 4.90 Å². The Hall–Kier alpha value is -0.180. The summed E-state index contributed by atoms with van der Waals surface area (Å²) in [5.41, 5.74) is 0. The van der Waals surface area contributed by atoms with Gasteiger partial charge in [-0.1, -0.05) is 0 Å². The number of amides is 1. The lowest BCUT2D eigenvalue weighted by Gasteiger charge is -2.14. The van der Waals surface area contributed by atoms with Crippen molar-refractivity contribution < 1.29 is 4.79 Å². The van der Waals surface area contributed by atoms with Gasteiger partial charge in [0.15, 0.2) is 0 Å². The van der Waals surface area contributed by atoms with Crippen LogP contribution in [0.15, 0.2) is 0 Å². The maximum atomic E-state index is 11.5. The van der Waals surface area contributed by atoms with E-state index in [0.717, 1.165) is 13.0 Å². The molecule has 1 amide bonds. The first kappa shape index (κ1) is 7.47. The van der Waals surface area contributed by atoms with Crippen LogP contribution < -0.4 is 0 Å². The third kappa shape index (κ3) is 1.26. The van der Waals surface area contributed by atoms with Gasteiger partial charge in [0.25, 0.3) is 0 Å². The Morgan fingerprint density at radius 2 is 2.18 bits per heavy atom. The molecule has 1 heterocycles. The number of likely N-dealkylation sites (tertiary alicyclic amines) is 1. The lowest BCUT2D eigenvalue weighted by molar-refractivity contribution is -0.127. The van der Waals surface area contributed by atoms with Crippen LogP contribution in [-0.4, -0.2) is 34.9 Å². The lowest BCUT2D eigenvalue weighted by Crippen LogP contribution is -2.30. The minimum atomic E-state index is 0.274. The zero-order valence-corrected chi connectivity index (χ0v) is 7.56. The highest BCUT2D eigenvalue weighted by atomic mass is 32.2. The van der Waals surface area contributed by atoms with Crippen LogP contribution in [0.5, 0.6) is 0 Å². The standard InChI is InChI=1S/C8H13NOS/c1-11-7-4-5-9(8(7)10)6-2-3-6/h6-7H,2-5H2,1H3. The highest BCUT2D eigenvalue weighted by Gasteiger charge is 2.39. The SMILES string of the molecule is CSC1CCN(C2CC2)C1=O. The maximum Gasteiger partial charge on any atom is 0.235 e. The summed E-state index contributed by atoms with van der Waals surface area (Å²) in [4.78, 5) is 13.6. The molecule has 1 saturated heterocycles. The van der Waals surface area contributed by atoms with Crippen molar-refractivity contribution in [3.8, 4) is 0 Å². The Labute approximate surface area is 71.3 Å². The number of hydrogen-bond donors (Lipinski definition) is 0. The molecule has 2 rings (SSSR count). The first-order chi connectivity index (χ1) is 5.33. The summed E-state index contributed by atoms with van der Waals surface area (Å²) in [6, 6.07) is 0.625. The van der Waals surface area contributed by atoms with Crippen molar-refractivity contribution in [2.24, 2.45) is 0 Å². The van der Waals surface area contributed by atoms with Gasteiger partial charge in [0.2, 0.25) is 5.91 Å². The minimum absolute atomic E-state index is 0.274. The van der Waals surface area contributed by atoms with E-state index in [1.165, 1.54) is 12.8 Å². The Bertz CT molecular complexity index is 179. The van der Waals surface area contributed by atoms with Crippen LogP contribution in [0.2, 0.25) is 0 Å². The molecule has 0 N–H and O–H groups in total. The van der Waals surface area contributed by atoms with Crippen LogP contribution in [0.25, 0.3) is 0 Å². The summed E-state index contributed by atoms with van der Waals surface area (Å²) in [5.74, 6) is 0.389. The monoisotopic (exact) mass is 171 g/mol. The molecule has 0 bridgehead atoms. The predicted molar refractivity (Wildman–Crippen MR) is 46.7 cm³/mol. The largest absolute Gasteiger partial charge is 0.339 e. The second-order valence-corrected chi connectivity index (χ2v) is 4.32. The fourth-order valence-electron chi connectivity index (χ4n) is 1.64. The van der Waals surface area contributed by atoms with E-state index in [1.54, 1.807) is 11.8 Å². The smallest absolute Gasteiger partial charge is 0.235 e. The summed E-state index contributed by atoms with van der Waals surface area (Å²) >= 11 is 1.70. The molecule has 62 valence electrons. The summed E-state index contributed by atoms with van der Waals surface area (Å²) in [5, 5.41) is 0.274. The molecule has 11 heavy (non-hydrogen) atoms. The highest BCUT2D eigenvalue weighted by Crippen LogP contribution is 2.33. The van der Waals surface area contributed by atoms with Crippen LogP contribution in [0.4, 0.5) is 0 Å². The number of carbonyl (C=O) groups excluding carboxylic acids is 1. The molecule has 0 radical (unpaired) electrons. The molecule has 3 heteroatoms. The van der Waals surface area contributed by atoms with Crippen LogP contribution in [0.3, 0.4) is 0 Å². The van der Waals surface area contributed by atoms with Crippen LogP contribution in [0, 0.1) is 0 Å². The summed E-state index contributed by atoms with van der Waals surface area (Å²) in [6.07, 6.45) is 5.58. The average Bonchev–Trinajstić information content (AvgIpc) is 2.77. The number of nitrogens with zero attached hydrogens (tertiary/aromatic N) is 1. The van der Waals surface area contributed by atoms with E-state index >= 15 is 0 Å². The van der Waals surface area contributed by atoms with Crippen molar-refractivity contribution in [3.05, 3.63) is 0 Å². The van der Waals surface area contributed by atoms with E-state index in [-0.39, 0.29) is 5.25 Å². The van der Waals surface area contributed by atoms with Crippen molar-refractivity contribution in [3.63, 3.8) is 0 Å². The Balaban J connectivity index is 1.99. The molecule has 2 nitrogen and oxygen atoms in total. The Kier molecular flexibility index (Phi) is 1.83. The second-order valence-electron chi connectivity index (χ2n) is 3.28. The number of carbonyl (C=O) groups is 1. The van der Waals surface area contributed by atoms with Crippen molar-refractivity contribution in [2.75, 3.05) is 12.8 Å². The van der Waals surface area contributed by atoms with E-state index in [4.69, 9.17) is 0 Å². The molecule has 0 aromatic rings. The first-order valence-electron chi connectivity index (χ1n) is 4.16. The lowest BCUT2D eigenvalue weighted by atomic mass is 10.4. The molecule has 0 spiro atoms. The molecule has 1 aliphatic carbocycles. The van der Waals surface area contributed by atoms with Crippen molar-refractivity contribution in [1.29, 1.82) is 0 Å². The number of rotatable bonds is 2. The molecular formula is C8H13NOS. The Morgan fingerprint density at radius 1 is 1.45 bits per heavy atom. The van der Waals surface area contributed by atoms with Gasteiger partial charge in [-0.15, -0.1) is 0 Å². The molecule has 0 aromatic heterocycles. The van der Waals surface area contributed by atoms with Gasteiger partial charge in [0, 0.05) is 12.6 Å². The maximum absolute atomic E-state index is 11.5. The first-order valence-corrected chi connectivity index (χ1v) is 5.45. The van der Waals surface area contributed by atoms with Gasteiger partial charge in [-0.2, -0.15) is 11.8 Å². The third-order valence-corrected chi connectivity index (χ3v) is 3.47. The third-order valence-electron chi connectivity index (χ3n) is 2.46. The van der Waals surface area contributed by atoms with Gasteiger partial charge in [-0.25, -0.2) is 0 Å². The van der Waals surface area contributed by atoms with E-state index in [2.05, 4.69) is 4.90 Å². The molecule has 1 saturated carbocycles. The minimum Gasteiger partial charge on any atom is -0.339 e. The number of thioether (sulfide) groups is 1. The second kappa shape index (κ2) is 2.70. The van der Waals surface area contributed by atoms with Gasteiger partial charge >= 0.3 is 0 Å². The highest BCUT2D eigenvalue weighted by molar-refractivity contribution is 7.99. The van der Waals surface area contributed by atoms with Crippen LogP contribution in [0.1, 0.15) is 19.3 Å². The zero-order valence-electron chi connectivity index (χ0n) is 6.75. The normalized spacial score (nSPS) is 31.5. The zero-order chi connectivity index (χ0) is 7.84. The van der Waals surface area contributed by atoms with E-state index in [1.807, 2.05) is 6.26 Å². The molecule has 1 unspecified atom stereocenters. The van der Waals surface area contributed by atoms with Crippen molar-refractivity contribution in [1.82, 2.24) is 4.90 Å². The summed E-state index contributed by atoms with van der Waals surface area (Å²) in [7, 11) is 0. The van der Waals surface area contributed by atoms with Crippen molar-refractivity contribution >= 4 is 17.7 Å². The summed E-state index contributed by atoms with van der Waals surface area (Å²) in [6.45, 7) is 1.01. The fraction of sp³-hybridized carbons (Fsp3) is 0.875. The number of hydrogen-bond acceptors (Lipinski definition) is 2. The van der Waals surface area contributed by atoms with E-state index in [9.17, 15) is 4.79 Å². The van der Waals surface area contributed by atoms with Crippen molar-refractivity contribution in [2.45, 2.75) is 30.6 Å². The van der Waals surface area contributed by atoms with Gasteiger partial charge in [-0.3, -0.25) is 4.79 Å². The van der Waals surface area contributed by atoms with E-state index in [0.29, 0.717) is 11.9 Å². The van der Waals surface area contributed by atoms with Gasteiger partial charge in [-0.05, 0) is 25.5 Å². The van der Waals surface area contributed by atoms with Gasteiger partial charge in [0.05, 0.1) is 5.25 Å². The topological polar surface area (TPSA) is 20.3 Å². The van der Waals surface area contributed by atoms with E-state index < -0.39 is 0 Å². The molecular weight excluding hydrogens is 158 g/mol. The average molecular weight is 171 g/mol. The summed E-state index contributed by atoms with van der Waals surface area (Å²) < 4.78 is 0. The predicted octanol–water partition coefficient (Wildman–Crippen LogP) is 1.11. The molecule has 1 atom stereocenters. The molecule has 2 aliphatic rings. The quantitative estimate of drug-likeness (QED) is 0.620. The molecule has 0 aromatic carbocycles. The Morgan fingerprint density at radius 3 is 2.64 bits per heavy atom.